The number of carbonyl (C=O) groups is 3. The molecule has 0 spiro atoms. The minimum absolute atomic E-state index is 0.00529. The molecule has 3 fully saturated rings. The van der Waals surface area contributed by atoms with Gasteiger partial charge in [0.25, 0.3) is 0 Å². The van der Waals surface area contributed by atoms with Crippen molar-refractivity contribution in [2.45, 2.75) is 70.5 Å². The molecule has 0 aliphatic carbocycles. The zero-order valence-corrected chi connectivity index (χ0v) is 28.0. The van der Waals surface area contributed by atoms with Gasteiger partial charge in [-0.3, -0.25) is 9.69 Å². The fourth-order valence-corrected chi connectivity index (χ4v) is 8.45. The lowest BCUT2D eigenvalue weighted by Gasteiger charge is -2.46. The lowest BCUT2D eigenvalue weighted by molar-refractivity contribution is -0.140. The van der Waals surface area contributed by atoms with E-state index in [2.05, 4.69) is 27.7 Å². The van der Waals surface area contributed by atoms with Crippen molar-refractivity contribution in [1.82, 2.24) is 24.9 Å². The number of carbonyl (C=O) groups excluding carboxylic acids is 2. The number of piperazine rings is 1. The Morgan fingerprint density at radius 2 is 1.66 bits per heavy atom. The first-order valence-corrected chi connectivity index (χ1v) is 17.3. The van der Waals surface area contributed by atoms with Crippen LogP contribution in [0.1, 0.15) is 47.9 Å². The van der Waals surface area contributed by atoms with Crippen LogP contribution in [0.5, 0.6) is 5.75 Å². The highest BCUT2D eigenvalue weighted by Crippen LogP contribution is 2.34. The number of urea groups is 1. The second kappa shape index (κ2) is 14.5. The fourth-order valence-electron chi connectivity index (χ4n) is 8.45. The van der Waals surface area contributed by atoms with E-state index < -0.39 is 18.1 Å². The van der Waals surface area contributed by atoms with Crippen LogP contribution in [0.25, 0.3) is 0 Å². The largest absolute Gasteiger partial charge is 0.496 e. The number of likely N-dealkylation sites (tertiary alicyclic amines) is 1. The van der Waals surface area contributed by atoms with Crippen LogP contribution in [0.2, 0.25) is 0 Å². The molecule has 3 saturated heterocycles. The molecule has 0 radical (unpaired) electrons. The number of anilines is 1. The first-order valence-electron chi connectivity index (χ1n) is 17.3. The summed E-state index contributed by atoms with van der Waals surface area (Å²) in [5.41, 5.74) is 4.87. The van der Waals surface area contributed by atoms with Crippen LogP contribution in [-0.2, 0) is 17.6 Å². The molecule has 2 unspecified atom stereocenters. The quantitative estimate of drug-likeness (QED) is 0.417. The zero-order valence-electron chi connectivity index (χ0n) is 28.0. The molecule has 3 N–H and O–H groups in total. The van der Waals surface area contributed by atoms with E-state index in [1.165, 1.54) is 4.90 Å². The van der Waals surface area contributed by atoms with E-state index in [4.69, 9.17) is 4.74 Å². The van der Waals surface area contributed by atoms with Gasteiger partial charge in [0.15, 0.2) is 0 Å². The van der Waals surface area contributed by atoms with Gasteiger partial charge in [-0.15, -0.1) is 0 Å². The standard InChI is InChI=1S/C36H50N6O5/c1-24-20-26(21-25(2)33(24)47-3)22-30(34(43)40-18-16-39(17-19-40)28-8-12-37-13-9-28)32-23-29(11-15-42(32)36(45)46)41-14-10-27-6-4-5-7-31(27)38-35(41)44/h4-7,20-21,28-30,32,37H,8-19,22-23H2,1-3H3,(H,38,44)(H,45,46)/t29?,30?,32-/m1/s1. The molecule has 4 aliphatic heterocycles. The highest BCUT2D eigenvalue weighted by atomic mass is 16.5. The monoisotopic (exact) mass is 646 g/mol. The number of carboxylic acid groups (broad SMARTS) is 1. The molecule has 2 aromatic rings. The number of rotatable bonds is 7. The first-order chi connectivity index (χ1) is 22.7. The molecule has 11 heteroatoms. The third-order valence-corrected chi connectivity index (χ3v) is 10.9. The van der Waals surface area contributed by atoms with Gasteiger partial charge in [0, 0.05) is 63.1 Å². The molecule has 3 atom stereocenters. The number of ether oxygens (including phenoxy) is 1. The molecular formula is C36H50N6O5. The summed E-state index contributed by atoms with van der Waals surface area (Å²) in [6.07, 6.45) is 3.30. The minimum atomic E-state index is -1.02. The fraction of sp³-hybridized carbons (Fsp3) is 0.583. The number of hydrogen-bond donors (Lipinski definition) is 3. The van der Waals surface area contributed by atoms with Gasteiger partial charge in [0.1, 0.15) is 5.75 Å². The Morgan fingerprint density at radius 3 is 2.34 bits per heavy atom. The molecule has 4 amide bonds. The van der Waals surface area contributed by atoms with Gasteiger partial charge in [-0.05, 0) is 93.8 Å². The summed E-state index contributed by atoms with van der Waals surface area (Å²) in [6.45, 7) is 9.80. The zero-order chi connectivity index (χ0) is 33.1. The second-order valence-electron chi connectivity index (χ2n) is 13.7. The highest BCUT2D eigenvalue weighted by Gasteiger charge is 2.44. The summed E-state index contributed by atoms with van der Waals surface area (Å²) < 4.78 is 5.62. The van der Waals surface area contributed by atoms with Crippen LogP contribution in [0, 0.1) is 19.8 Å². The molecule has 0 aromatic heterocycles. The summed E-state index contributed by atoms with van der Waals surface area (Å²) in [5, 5.41) is 17.0. The van der Waals surface area contributed by atoms with Crippen molar-refractivity contribution in [3.05, 3.63) is 58.7 Å². The smallest absolute Gasteiger partial charge is 0.407 e. The van der Waals surface area contributed by atoms with Gasteiger partial charge in [-0.25, -0.2) is 9.59 Å². The predicted octanol–water partition coefficient (Wildman–Crippen LogP) is 3.97. The van der Waals surface area contributed by atoms with E-state index in [0.29, 0.717) is 51.4 Å². The number of piperidine rings is 2. The van der Waals surface area contributed by atoms with Crippen LogP contribution in [-0.4, -0.2) is 120 Å². The maximum absolute atomic E-state index is 14.7. The number of methoxy groups -OCH3 is 1. The number of amides is 4. The van der Waals surface area contributed by atoms with Crippen molar-refractivity contribution in [3.63, 3.8) is 0 Å². The predicted molar refractivity (Wildman–Crippen MR) is 181 cm³/mol. The second-order valence-corrected chi connectivity index (χ2v) is 13.7. The van der Waals surface area contributed by atoms with E-state index in [9.17, 15) is 19.5 Å². The van der Waals surface area contributed by atoms with Crippen LogP contribution in [0.4, 0.5) is 15.3 Å². The number of hydrogen-bond acceptors (Lipinski definition) is 6. The van der Waals surface area contributed by atoms with E-state index in [-0.39, 0.29) is 24.5 Å². The average Bonchev–Trinajstić information content (AvgIpc) is 3.25. The van der Waals surface area contributed by atoms with E-state index in [0.717, 1.165) is 72.7 Å². The maximum atomic E-state index is 14.7. The third-order valence-electron chi connectivity index (χ3n) is 10.9. The van der Waals surface area contributed by atoms with Crippen LogP contribution in [0.3, 0.4) is 0 Å². The number of fused-ring (bicyclic) bond motifs is 1. The summed E-state index contributed by atoms with van der Waals surface area (Å²) >= 11 is 0. The molecule has 11 nitrogen and oxygen atoms in total. The van der Waals surface area contributed by atoms with Crippen molar-refractivity contribution in [3.8, 4) is 5.75 Å². The Kier molecular flexibility index (Phi) is 10.2. The number of benzene rings is 2. The minimum Gasteiger partial charge on any atom is -0.496 e. The van der Waals surface area contributed by atoms with Crippen molar-refractivity contribution in [1.29, 1.82) is 0 Å². The van der Waals surface area contributed by atoms with E-state index in [1.54, 1.807) is 7.11 Å². The molecule has 6 rings (SSSR count). The van der Waals surface area contributed by atoms with Crippen molar-refractivity contribution in [2.75, 3.05) is 64.8 Å². The molecule has 4 aliphatic rings. The summed E-state index contributed by atoms with van der Waals surface area (Å²) in [5.74, 6) is 0.244. The highest BCUT2D eigenvalue weighted by molar-refractivity contribution is 5.91. The van der Waals surface area contributed by atoms with Crippen molar-refractivity contribution >= 4 is 23.7 Å². The van der Waals surface area contributed by atoms with Gasteiger partial charge in [-0.1, -0.05) is 30.3 Å². The molecule has 0 saturated carbocycles. The van der Waals surface area contributed by atoms with E-state index in [1.807, 2.05) is 47.9 Å². The SMILES string of the molecule is COc1c(C)cc(CC(C(=O)N2CCN(C3CCNCC3)CC2)[C@H]2CC(N3CCc4ccccc4NC3=O)CCN2C(=O)O)cc1C. The topological polar surface area (TPSA) is 118 Å². The number of nitrogens with one attached hydrogen (secondary N) is 2. The summed E-state index contributed by atoms with van der Waals surface area (Å²) in [4.78, 5) is 48.8. The molecule has 4 heterocycles. The summed E-state index contributed by atoms with van der Waals surface area (Å²) in [7, 11) is 1.66. The Bertz CT molecular complexity index is 1430. The van der Waals surface area contributed by atoms with Crippen molar-refractivity contribution < 1.29 is 24.2 Å². The Hall–Kier alpha value is -3.83. The number of aryl methyl sites for hydroxylation is 2. The van der Waals surface area contributed by atoms with Crippen LogP contribution < -0.4 is 15.4 Å². The Balaban J connectivity index is 1.27. The van der Waals surface area contributed by atoms with Gasteiger partial charge in [0.05, 0.1) is 13.0 Å². The number of para-hydroxylation sites is 1. The third kappa shape index (κ3) is 7.21. The molecule has 0 bridgehead atoms. The average molecular weight is 647 g/mol. The molecule has 254 valence electrons. The van der Waals surface area contributed by atoms with Gasteiger partial charge in [-0.2, -0.15) is 0 Å². The van der Waals surface area contributed by atoms with Gasteiger partial charge < -0.3 is 35.2 Å². The Morgan fingerprint density at radius 1 is 0.957 bits per heavy atom. The number of nitrogens with zero attached hydrogens (tertiary/aromatic N) is 4. The van der Waals surface area contributed by atoms with Crippen LogP contribution in [0.15, 0.2) is 36.4 Å². The van der Waals surface area contributed by atoms with Gasteiger partial charge in [0.2, 0.25) is 5.91 Å². The van der Waals surface area contributed by atoms with Crippen LogP contribution >= 0.6 is 0 Å². The lowest BCUT2D eigenvalue weighted by Crippen LogP contribution is -2.60. The maximum Gasteiger partial charge on any atom is 0.407 e. The van der Waals surface area contributed by atoms with E-state index >= 15 is 0 Å². The summed E-state index contributed by atoms with van der Waals surface area (Å²) in [6, 6.07) is 11.6. The molecule has 47 heavy (non-hydrogen) atoms. The molecule has 2 aromatic carbocycles. The first kappa shape index (κ1) is 33.1. The lowest BCUT2D eigenvalue weighted by atomic mass is 9.82. The molecular weight excluding hydrogens is 596 g/mol. The Labute approximate surface area is 278 Å². The van der Waals surface area contributed by atoms with Gasteiger partial charge >= 0.3 is 12.1 Å². The van der Waals surface area contributed by atoms with Crippen molar-refractivity contribution in [2.24, 2.45) is 5.92 Å². The normalized spacial score (nSPS) is 23.5.